The second-order valence-electron chi connectivity index (χ2n) is 13.2. The first-order chi connectivity index (χ1) is 25.3. The number of fused-ring (bicyclic) bond motifs is 10. The van der Waals surface area contributed by atoms with Crippen LogP contribution >= 0.6 is 0 Å². The van der Waals surface area contributed by atoms with E-state index in [1.807, 2.05) is 6.07 Å². The molecule has 11 aromatic rings. The SMILES string of the molecule is c1ccc(-c2nc3ccccc3n2-c2ccc(-n3c4ccccc4c4ccc5c(ccc6c7ccccc7n(-c7ccccc7)c65)c43)cc2)cc1. The molecule has 8 aromatic carbocycles. The van der Waals surface area contributed by atoms with Crippen molar-refractivity contribution in [3.8, 4) is 28.5 Å². The minimum absolute atomic E-state index is 0.935. The number of hydrogen-bond acceptors (Lipinski definition) is 1. The van der Waals surface area contributed by atoms with Gasteiger partial charge in [0.1, 0.15) is 5.82 Å². The molecule has 0 aliphatic heterocycles. The van der Waals surface area contributed by atoms with Crippen LogP contribution in [0.4, 0.5) is 0 Å². The van der Waals surface area contributed by atoms with Crippen LogP contribution in [0.25, 0.3) is 93.9 Å². The Kier molecular flexibility index (Phi) is 5.92. The average Bonchev–Trinajstić information content (AvgIpc) is 3.87. The summed E-state index contributed by atoms with van der Waals surface area (Å²) in [7, 11) is 0. The molecular weight excluding hydrogens is 621 g/mol. The standard InChI is InChI=1S/C47H30N4/c1-3-13-31(14-4-1)47-48-41-19-9-12-22-44(41)51(47)34-25-23-33(24-26-34)50-43-21-11-8-18-36(43)38-28-29-39-40(46(38)50)30-27-37-35-17-7-10-20-42(35)49(45(37)39)32-15-5-2-6-16-32/h1-30H. The molecule has 0 unspecified atom stereocenters. The minimum Gasteiger partial charge on any atom is -0.309 e. The van der Waals surface area contributed by atoms with E-state index in [1.54, 1.807) is 0 Å². The van der Waals surface area contributed by atoms with Crippen molar-refractivity contribution in [3.05, 3.63) is 182 Å². The minimum atomic E-state index is 0.935. The zero-order valence-electron chi connectivity index (χ0n) is 27.6. The monoisotopic (exact) mass is 650 g/mol. The Hall–Kier alpha value is -6.91. The van der Waals surface area contributed by atoms with E-state index >= 15 is 0 Å². The Balaban J connectivity index is 1.18. The summed E-state index contributed by atoms with van der Waals surface area (Å²) >= 11 is 0. The highest BCUT2D eigenvalue weighted by Gasteiger charge is 2.20. The highest BCUT2D eigenvalue weighted by molar-refractivity contribution is 6.26. The van der Waals surface area contributed by atoms with Crippen molar-refractivity contribution in [2.24, 2.45) is 0 Å². The summed E-state index contributed by atoms with van der Waals surface area (Å²) in [4.78, 5) is 5.07. The van der Waals surface area contributed by atoms with Gasteiger partial charge in [0, 0.05) is 54.9 Å². The maximum Gasteiger partial charge on any atom is 0.145 e. The van der Waals surface area contributed by atoms with Crippen molar-refractivity contribution in [2.45, 2.75) is 0 Å². The Morgan fingerprint density at radius 3 is 1.27 bits per heavy atom. The maximum absolute atomic E-state index is 5.07. The predicted molar refractivity (Wildman–Crippen MR) is 213 cm³/mol. The van der Waals surface area contributed by atoms with Gasteiger partial charge < -0.3 is 9.13 Å². The van der Waals surface area contributed by atoms with Gasteiger partial charge in [-0.15, -0.1) is 0 Å². The lowest BCUT2D eigenvalue weighted by Crippen LogP contribution is -1.99. The normalized spacial score (nSPS) is 11.9. The first kappa shape index (κ1) is 28.0. The molecule has 0 saturated heterocycles. The van der Waals surface area contributed by atoms with Crippen LogP contribution in [0.2, 0.25) is 0 Å². The lowest BCUT2D eigenvalue weighted by molar-refractivity contribution is 1.09. The van der Waals surface area contributed by atoms with Crippen LogP contribution in [-0.2, 0) is 0 Å². The highest BCUT2D eigenvalue weighted by atomic mass is 15.1. The van der Waals surface area contributed by atoms with Crippen LogP contribution in [-0.4, -0.2) is 18.7 Å². The third-order valence-electron chi connectivity index (χ3n) is 10.4. The number of para-hydroxylation sites is 5. The van der Waals surface area contributed by atoms with Crippen LogP contribution in [0.3, 0.4) is 0 Å². The molecule has 0 atom stereocenters. The molecule has 0 amide bonds. The number of rotatable bonds is 4. The molecule has 4 nitrogen and oxygen atoms in total. The highest BCUT2D eigenvalue weighted by Crippen LogP contribution is 2.42. The van der Waals surface area contributed by atoms with Gasteiger partial charge >= 0.3 is 0 Å². The molecule has 0 aliphatic rings. The predicted octanol–water partition coefficient (Wildman–Crippen LogP) is 12.0. The maximum atomic E-state index is 5.07. The zero-order chi connectivity index (χ0) is 33.5. The summed E-state index contributed by atoms with van der Waals surface area (Å²) in [6.45, 7) is 0. The second-order valence-corrected chi connectivity index (χ2v) is 13.2. The smallest absolute Gasteiger partial charge is 0.145 e. The molecular formula is C47H30N4. The molecule has 51 heavy (non-hydrogen) atoms. The van der Waals surface area contributed by atoms with Gasteiger partial charge in [-0.1, -0.05) is 121 Å². The Labute approximate surface area is 293 Å². The van der Waals surface area contributed by atoms with Gasteiger partial charge in [-0.3, -0.25) is 4.57 Å². The lowest BCUT2D eigenvalue weighted by Gasteiger charge is -2.14. The van der Waals surface area contributed by atoms with Crippen LogP contribution in [0.5, 0.6) is 0 Å². The molecule has 0 N–H and O–H groups in total. The van der Waals surface area contributed by atoms with Gasteiger partial charge in [0.05, 0.1) is 33.1 Å². The van der Waals surface area contributed by atoms with E-state index in [0.29, 0.717) is 0 Å². The number of imidazole rings is 1. The Morgan fingerprint density at radius 1 is 0.294 bits per heavy atom. The molecule has 0 bridgehead atoms. The second kappa shape index (κ2) is 10.8. The number of aromatic nitrogens is 4. The largest absolute Gasteiger partial charge is 0.309 e. The summed E-state index contributed by atoms with van der Waals surface area (Å²) in [5.41, 5.74) is 11.4. The third-order valence-corrected chi connectivity index (χ3v) is 10.4. The van der Waals surface area contributed by atoms with E-state index < -0.39 is 0 Å². The van der Waals surface area contributed by atoms with E-state index in [4.69, 9.17) is 4.98 Å². The van der Waals surface area contributed by atoms with Crippen LogP contribution in [0.15, 0.2) is 182 Å². The van der Waals surface area contributed by atoms with Crippen molar-refractivity contribution in [1.82, 2.24) is 18.7 Å². The fraction of sp³-hybridized carbons (Fsp3) is 0. The molecule has 0 aliphatic carbocycles. The van der Waals surface area contributed by atoms with Crippen molar-refractivity contribution < 1.29 is 0 Å². The van der Waals surface area contributed by atoms with Gasteiger partial charge in [-0.05, 0) is 60.7 Å². The Morgan fingerprint density at radius 2 is 0.706 bits per heavy atom. The summed E-state index contributed by atoms with van der Waals surface area (Å²) in [5.74, 6) is 0.935. The molecule has 0 fully saturated rings. The van der Waals surface area contributed by atoms with E-state index in [0.717, 1.165) is 39.5 Å². The fourth-order valence-electron chi connectivity index (χ4n) is 8.26. The molecule has 4 heteroatoms. The van der Waals surface area contributed by atoms with Crippen LogP contribution in [0, 0.1) is 0 Å². The lowest BCUT2D eigenvalue weighted by atomic mass is 10.0. The molecule has 0 radical (unpaired) electrons. The molecule has 3 heterocycles. The van der Waals surface area contributed by atoms with Crippen molar-refractivity contribution in [1.29, 1.82) is 0 Å². The molecule has 3 aromatic heterocycles. The van der Waals surface area contributed by atoms with Crippen LogP contribution in [0.1, 0.15) is 0 Å². The summed E-state index contributed by atoms with van der Waals surface area (Å²) in [6, 6.07) is 65.3. The molecule has 11 rings (SSSR count). The fourth-order valence-corrected chi connectivity index (χ4v) is 8.26. The molecule has 0 spiro atoms. The van der Waals surface area contributed by atoms with Gasteiger partial charge in [-0.2, -0.15) is 0 Å². The van der Waals surface area contributed by atoms with E-state index in [9.17, 15) is 0 Å². The number of nitrogens with zero attached hydrogens (tertiary/aromatic N) is 4. The van der Waals surface area contributed by atoms with Crippen molar-refractivity contribution in [3.63, 3.8) is 0 Å². The van der Waals surface area contributed by atoms with Gasteiger partial charge in [0.15, 0.2) is 0 Å². The first-order valence-electron chi connectivity index (χ1n) is 17.4. The van der Waals surface area contributed by atoms with Crippen molar-refractivity contribution in [2.75, 3.05) is 0 Å². The third kappa shape index (κ3) is 4.05. The number of benzene rings is 8. The quantitative estimate of drug-likeness (QED) is 0.186. The van der Waals surface area contributed by atoms with Gasteiger partial charge in [-0.25, -0.2) is 4.98 Å². The van der Waals surface area contributed by atoms with Gasteiger partial charge in [0.2, 0.25) is 0 Å². The van der Waals surface area contributed by atoms with E-state index in [2.05, 4.69) is 190 Å². The average molecular weight is 651 g/mol. The van der Waals surface area contributed by atoms with E-state index in [1.165, 1.54) is 54.4 Å². The molecule has 238 valence electrons. The van der Waals surface area contributed by atoms with Crippen molar-refractivity contribution >= 4 is 65.4 Å². The summed E-state index contributed by atoms with van der Waals surface area (Å²) in [5, 5.41) is 7.47. The number of hydrogen-bond donors (Lipinski definition) is 0. The summed E-state index contributed by atoms with van der Waals surface area (Å²) < 4.78 is 7.15. The summed E-state index contributed by atoms with van der Waals surface area (Å²) in [6.07, 6.45) is 0. The van der Waals surface area contributed by atoms with Crippen LogP contribution < -0.4 is 0 Å². The Bertz CT molecular complexity index is 3110. The van der Waals surface area contributed by atoms with Gasteiger partial charge in [0.25, 0.3) is 0 Å². The topological polar surface area (TPSA) is 27.7 Å². The zero-order valence-corrected chi connectivity index (χ0v) is 27.6. The molecule has 0 saturated carbocycles. The first-order valence-corrected chi connectivity index (χ1v) is 17.4. The van der Waals surface area contributed by atoms with E-state index in [-0.39, 0.29) is 0 Å².